The van der Waals surface area contributed by atoms with Crippen LogP contribution in [0.15, 0.2) is 60.7 Å². The summed E-state index contributed by atoms with van der Waals surface area (Å²) in [5.41, 5.74) is 3.89. The molecule has 0 unspecified atom stereocenters. The number of aromatic nitrogens is 4. The molecule has 0 fully saturated rings. The summed E-state index contributed by atoms with van der Waals surface area (Å²) in [6, 6.07) is 19.5. The highest BCUT2D eigenvalue weighted by Gasteiger charge is 2.11. The first-order valence-corrected chi connectivity index (χ1v) is 10.5. The van der Waals surface area contributed by atoms with E-state index in [2.05, 4.69) is 25.9 Å². The van der Waals surface area contributed by atoms with E-state index >= 15 is 0 Å². The molecule has 0 aliphatic heterocycles. The first-order valence-electron chi connectivity index (χ1n) is 10.1. The van der Waals surface area contributed by atoms with Crippen LogP contribution in [0.1, 0.15) is 28.9 Å². The predicted octanol–water partition coefficient (Wildman–Crippen LogP) is 3.95. The number of fused-ring (bicyclic) bond motifs is 1. The molecule has 0 bridgehead atoms. The average Bonchev–Trinajstić information content (AvgIpc) is 3.19. The van der Waals surface area contributed by atoms with Gasteiger partial charge < -0.3 is 10.6 Å². The van der Waals surface area contributed by atoms with Crippen LogP contribution in [0.5, 0.6) is 0 Å². The molecule has 1 amide bonds. The number of hydrogen-bond donors (Lipinski definition) is 2. The van der Waals surface area contributed by atoms with Crippen LogP contribution in [0.3, 0.4) is 0 Å². The van der Waals surface area contributed by atoms with E-state index < -0.39 is 0 Å². The molecule has 0 saturated heterocycles. The normalized spacial score (nSPS) is 10.9. The molecule has 0 aliphatic carbocycles. The van der Waals surface area contributed by atoms with Gasteiger partial charge in [-0.2, -0.15) is 4.52 Å². The minimum Gasteiger partial charge on any atom is -0.364 e. The van der Waals surface area contributed by atoms with Crippen LogP contribution in [0.25, 0.3) is 5.65 Å². The van der Waals surface area contributed by atoms with Crippen molar-refractivity contribution in [3.05, 3.63) is 88.2 Å². The zero-order valence-electron chi connectivity index (χ0n) is 17.2. The van der Waals surface area contributed by atoms with Crippen molar-refractivity contribution >= 4 is 29.0 Å². The third-order valence-electron chi connectivity index (χ3n) is 4.93. The molecule has 2 aromatic carbocycles. The molecule has 0 spiro atoms. The Morgan fingerprint density at radius 2 is 1.81 bits per heavy atom. The van der Waals surface area contributed by atoms with Crippen LogP contribution in [0, 0.1) is 6.92 Å². The Balaban J connectivity index is 1.35. The number of aryl methyl sites for hydroxylation is 2. The first kappa shape index (κ1) is 20.8. The van der Waals surface area contributed by atoms with Crippen LogP contribution in [-0.4, -0.2) is 25.7 Å². The fraction of sp³-hybridized carbons (Fsp3) is 0.217. The Bertz CT molecular complexity index is 1190. The molecule has 0 atom stereocenters. The molecule has 4 rings (SSSR count). The number of benzene rings is 2. The number of halogens is 1. The van der Waals surface area contributed by atoms with Gasteiger partial charge in [-0.15, -0.1) is 15.3 Å². The lowest BCUT2D eigenvalue weighted by Crippen LogP contribution is -2.23. The lowest BCUT2D eigenvalue weighted by molar-refractivity contribution is -0.121. The minimum absolute atomic E-state index is 0.0367. The zero-order chi connectivity index (χ0) is 21.6. The summed E-state index contributed by atoms with van der Waals surface area (Å²) in [6.07, 6.45) is 0.757. The molecule has 0 radical (unpaired) electrons. The molecule has 8 heteroatoms. The molecular formula is C23H23ClN6O. The van der Waals surface area contributed by atoms with Gasteiger partial charge in [0.2, 0.25) is 5.91 Å². The summed E-state index contributed by atoms with van der Waals surface area (Å²) >= 11 is 6.21. The minimum atomic E-state index is -0.0367. The Morgan fingerprint density at radius 1 is 1.00 bits per heavy atom. The molecule has 7 nitrogen and oxygen atoms in total. The number of carbonyl (C=O) groups is 1. The van der Waals surface area contributed by atoms with Gasteiger partial charge in [-0.3, -0.25) is 4.79 Å². The molecule has 31 heavy (non-hydrogen) atoms. The van der Waals surface area contributed by atoms with Gasteiger partial charge in [-0.05, 0) is 36.2 Å². The third kappa shape index (κ3) is 5.38. The molecular weight excluding hydrogens is 412 g/mol. The molecule has 2 N–H and O–H groups in total. The predicted molar refractivity (Wildman–Crippen MR) is 121 cm³/mol. The number of nitrogens with zero attached hydrogens (tertiary/aromatic N) is 4. The Kier molecular flexibility index (Phi) is 6.43. The van der Waals surface area contributed by atoms with Gasteiger partial charge in [0.25, 0.3) is 0 Å². The monoisotopic (exact) mass is 434 g/mol. The molecule has 4 aromatic rings. The smallest absolute Gasteiger partial charge is 0.220 e. The lowest BCUT2D eigenvalue weighted by atomic mass is 10.1. The first-order chi connectivity index (χ1) is 15.1. The Hall–Kier alpha value is -3.45. The highest BCUT2D eigenvalue weighted by molar-refractivity contribution is 6.31. The van der Waals surface area contributed by atoms with Crippen molar-refractivity contribution in [3.8, 4) is 0 Å². The maximum atomic E-state index is 12.3. The summed E-state index contributed by atoms with van der Waals surface area (Å²) in [6.45, 7) is 3.10. The molecule has 2 heterocycles. The van der Waals surface area contributed by atoms with Gasteiger partial charge in [0.15, 0.2) is 11.5 Å². The van der Waals surface area contributed by atoms with E-state index in [1.807, 2.05) is 67.6 Å². The van der Waals surface area contributed by atoms with Crippen molar-refractivity contribution in [2.24, 2.45) is 0 Å². The fourth-order valence-electron chi connectivity index (χ4n) is 3.13. The molecule has 158 valence electrons. The quantitative estimate of drug-likeness (QED) is 0.438. The summed E-state index contributed by atoms with van der Waals surface area (Å²) < 4.78 is 1.67. The highest BCUT2D eigenvalue weighted by Crippen LogP contribution is 2.16. The molecule has 2 aromatic heterocycles. The summed E-state index contributed by atoms with van der Waals surface area (Å²) in [5.74, 6) is 1.28. The lowest BCUT2D eigenvalue weighted by Gasteiger charge is -2.08. The van der Waals surface area contributed by atoms with E-state index in [9.17, 15) is 4.79 Å². The summed E-state index contributed by atoms with van der Waals surface area (Å²) in [5, 5.41) is 19.8. The van der Waals surface area contributed by atoms with E-state index in [1.54, 1.807) is 4.52 Å². The van der Waals surface area contributed by atoms with Crippen molar-refractivity contribution in [2.75, 3.05) is 5.32 Å². The van der Waals surface area contributed by atoms with Crippen molar-refractivity contribution < 1.29 is 4.79 Å². The number of anilines is 1. The van der Waals surface area contributed by atoms with E-state index in [1.165, 1.54) is 5.56 Å². The Morgan fingerprint density at radius 3 is 2.61 bits per heavy atom. The van der Waals surface area contributed by atoms with Crippen molar-refractivity contribution in [3.63, 3.8) is 0 Å². The van der Waals surface area contributed by atoms with Crippen molar-refractivity contribution in [1.29, 1.82) is 0 Å². The number of nitrogens with one attached hydrogen (secondary N) is 2. The van der Waals surface area contributed by atoms with Crippen LogP contribution < -0.4 is 10.6 Å². The van der Waals surface area contributed by atoms with Crippen molar-refractivity contribution in [2.45, 2.75) is 32.9 Å². The van der Waals surface area contributed by atoms with Gasteiger partial charge in [-0.1, -0.05) is 59.6 Å². The van der Waals surface area contributed by atoms with Gasteiger partial charge in [0.1, 0.15) is 5.82 Å². The zero-order valence-corrected chi connectivity index (χ0v) is 17.9. The van der Waals surface area contributed by atoms with Crippen LogP contribution in [-0.2, 0) is 24.3 Å². The number of hydrogen-bond acceptors (Lipinski definition) is 5. The number of rotatable bonds is 8. The van der Waals surface area contributed by atoms with Crippen LogP contribution >= 0.6 is 11.6 Å². The summed E-state index contributed by atoms with van der Waals surface area (Å²) in [7, 11) is 0. The fourth-order valence-corrected chi connectivity index (χ4v) is 3.33. The van der Waals surface area contributed by atoms with E-state index in [-0.39, 0.29) is 5.91 Å². The van der Waals surface area contributed by atoms with Crippen LogP contribution in [0.2, 0.25) is 5.02 Å². The average molecular weight is 435 g/mol. The van der Waals surface area contributed by atoms with Gasteiger partial charge in [0.05, 0.1) is 0 Å². The van der Waals surface area contributed by atoms with Crippen molar-refractivity contribution in [1.82, 2.24) is 25.1 Å². The maximum absolute atomic E-state index is 12.3. The standard InChI is InChI=1S/C23H23ClN6O/c1-16-6-8-17(9-7-16)14-26-23(31)13-12-22-28-27-21-11-10-20(29-30(21)22)25-15-18-4-2-3-5-19(18)24/h2-11H,12-15H2,1H3,(H,25,29)(H,26,31). The molecule has 0 saturated carbocycles. The topological polar surface area (TPSA) is 84.2 Å². The second-order valence-electron chi connectivity index (χ2n) is 7.31. The maximum Gasteiger partial charge on any atom is 0.220 e. The summed E-state index contributed by atoms with van der Waals surface area (Å²) in [4.78, 5) is 12.3. The van der Waals surface area contributed by atoms with E-state index in [4.69, 9.17) is 11.6 Å². The second-order valence-corrected chi connectivity index (χ2v) is 7.72. The largest absolute Gasteiger partial charge is 0.364 e. The van der Waals surface area contributed by atoms with Gasteiger partial charge >= 0.3 is 0 Å². The second kappa shape index (κ2) is 9.57. The third-order valence-corrected chi connectivity index (χ3v) is 5.30. The SMILES string of the molecule is Cc1ccc(CNC(=O)CCc2nnc3ccc(NCc4ccccc4Cl)nn23)cc1. The van der Waals surface area contributed by atoms with Gasteiger partial charge in [0, 0.05) is 31.0 Å². The number of amides is 1. The van der Waals surface area contributed by atoms with Gasteiger partial charge in [-0.25, -0.2) is 0 Å². The van der Waals surface area contributed by atoms with E-state index in [0.717, 1.165) is 11.1 Å². The van der Waals surface area contributed by atoms with Crippen LogP contribution in [0.4, 0.5) is 5.82 Å². The molecule has 0 aliphatic rings. The highest BCUT2D eigenvalue weighted by atomic mass is 35.5. The Labute approximate surface area is 185 Å². The van der Waals surface area contributed by atoms with E-state index in [0.29, 0.717) is 48.2 Å². The number of carbonyl (C=O) groups excluding carboxylic acids is 1.